The summed E-state index contributed by atoms with van der Waals surface area (Å²) < 4.78 is 44.8. The Morgan fingerprint density at radius 1 is 1.13 bits per heavy atom. The summed E-state index contributed by atoms with van der Waals surface area (Å²) in [7, 11) is 1.36. The van der Waals surface area contributed by atoms with Crippen LogP contribution in [0, 0.1) is 18.6 Å². The first-order chi connectivity index (χ1) is 14.4. The van der Waals surface area contributed by atoms with Crippen molar-refractivity contribution in [3.05, 3.63) is 69.6 Å². The van der Waals surface area contributed by atoms with Crippen molar-refractivity contribution in [3.8, 4) is 17.2 Å². The number of methoxy groups -OCH3 is 1. The molecule has 0 aliphatic carbocycles. The molecule has 7 nitrogen and oxygen atoms in total. The van der Waals surface area contributed by atoms with Gasteiger partial charge in [-0.2, -0.15) is 4.98 Å². The van der Waals surface area contributed by atoms with Crippen molar-refractivity contribution < 1.29 is 23.0 Å². The van der Waals surface area contributed by atoms with Gasteiger partial charge in [0.05, 0.1) is 19.9 Å². The maximum atomic E-state index is 13.6. The van der Waals surface area contributed by atoms with Crippen molar-refractivity contribution in [2.75, 3.05) is 25.6 Å². The van der Waals surface area contributed by atoms with Crippen LogP contribution in [0.5, 0.6) is 17.2 Å². The molecular formula is C21H19F2N3O4. The zero-order valence-corrected chi connectivity index (χ0v) is 16.4. The number of hydrogen-bond donors (Lipinski definition) is 1. The first-order valence-corrected chi connectivity index (χ1v) is 9.21. The fraction of sp³-hybridized carbons (Fsp3) is 0.238. The van der Waals surface area contributed by atoms with Crippen LogP contribution < -0.4 is 25.1 Å². The van der Waals surface area contributed by atoms with Crippen LogP contribution in [0.2, 0.25) is 0 Å². The van der Waals surface area contributed by atoms with Crippen molar-refractivity contribution in [2.45, 2.75) is 13.5 Å². The van der Waals surface area contributed by atoms with E-state index in [1.807, 2.05) is 13.0 Å². The summed E-state index contributed by atoms with van der Waals surface area (Å²) in [6, 6.07) is 7.21. The van der Waals surface area contributed by atoms with E-state index in [0.29, 0.717) is 36.0 Å². The highest BCUT2D eigenvalue weighted by atomic mass is 19.2. The number of benzene rings is 2. The Bertz CT molecular complexity index is 1160. The average Bonchev–Trinajstić information content (AvgIpc) is 2.73. The molecule has 0 bridgehead atoms. The Morgan fingerprint density at radius 2 is 1.87 bits per heavy atom. The third-order valence-electron chi connectivity index (χ3n) is 4.66. The van der Waals surface area contributed by atoms with Gasteiger partial charge >= 0.3 is 5.56 Å². The molecule has 9 heteroatoms. The normalized spacial score (nSPS) is 12.5. The Kier molecular flexibility index (Phi) is 5.26. The number of aryl methyl sites for hydroxylation is 1. The minimum absolute atomic E-state index is 0.0297. The number of anilines is 2. The number of nitrogens with one attached hydrogen (secondary N) is 1. The molecule has 30 heavy (non-hydrogen) atoms. The van der Waals surface area contributed by atoms with Crippen LogP contribution in [0.1, 0.15) is 11.1 Å². The van der Waals surface area contributed by atoms with Gasteiger partial charge in [0.2, 0.25) is 11.7 Å². The van der Waals surface area contributed by atoms with E-state index in [4.69, 9.17) is 14.2 Å². The van der Waals surface area contributed by atoms with E-state index in [-0.39, 0.29) is 18.2 Å². The summed E-state index contributed by atoms with van der Waals surface area (Å²) in [5, 5.41) is 3.12. The second kappa shape index (κ2) is 8.02. The number of hydrogen-bond acceptors (Lipinski definition) is 6. The first-order valence-electron chi connectivity index (χ1n) is 9.21. The van der Waals surface area contributed by atoms with Crippen LogP contribution in [0.25, 0.3) is 0 Å². The summed E-state index contributed by atoms with van der Waals surface area (Å²) in [6.45, 7) is 2.93. The zero-order chi connectivity index (χ0) is 21.3. The average molecular weight is 415 g/mol. The fourth-order valence-corrected chi connectivity index (χ4v) is 3.11. The fourth-order valence-electron chi connectivity index (χ4n) is 3.11. The van der Waals surface area contributed by atoms with Crippen molar-refractivity contribution in [2.24, 2.45) is 0 Å². The lowest BCUT2D eigenvalue weighted by molar-refractivity contribution is 0.171. The molecule has 0 saturated carbocycles. The summed E-state index contributed by atoms with van der Waals surface area (Å²) in [4.78, 5) is 16.3. The highest BCUT2D eigenvalue weighted by Gasteiger charge is 2.17. The summed E-state index contributed by atoms with van der Waals surface area (Å²) in [5.74, 6) is -0.416. The summed E-state index contributed by atoms with van der Waals surface area (Å²) >= 11 is 0. The topological polar surface area (TPSA) is 74.6 Å². The SMILES string of the molecule is COc1cn(Cc2ccc(F)c(F)c2)c(Nc2cc3c(cc2C)OCCO3)nc1=O. The van der Waals surface area contributed by atoms with Gasteiger partial charge in [-0.25, -0.2) is 8.78 Å². The monoisotopic (exact) mass is 415 g/mol. The van der Waals surface area contributed by atoms with E-state index in [2.05, 4.69) is 10.3 Å². The predicted octanol–water partition coefficient (Wildman–Crippen LogP) is 3.40. The molecule has 2 aromatic carbocycles. The van der Waals surface area contributed by atoms with E-state index in [1.165, 1.54) is 19.4 Å². The van der Waals surface area contributed by atoms with Gasteiger partial charge in [-0.1, -0.05) is 6.07 Å². The lowest BCUT2D eigenvalue weighted by Crippen LogP contribution is -2.19. The lowest BCUT2D eigenvalue weighted by atomic mass is 10.1. The van der Waals surface area contributed by atoms with Crippen LogP contribution in [0.4, 0.5) is 20.4 Å². The van der Waals surface area contributed by atoms with E-state index >= 15 is 0 Å². The molecule has 156 valence electrons. The molecule has 3 aromatic rings. The van der Waals surface area contributed by atoms with Crippen molar-refractivity contribution in [1.29, 1.82) is 0 Å². The Labute approximate surface area is 170 Å². The van der Waals surface area contributed by atoms with Crippen LogP contribution in [0.15, 0.2) is 41.3 Å². The number of nitrogens with zero attached hydrogens (tertiary/aromatic N) is 2. The third-order valence-corrected chi connectivity index (χ3v) is 4.66. The Morgan fingerprint density at radius 3 is 2.57 bits per heavy atom. The molecule has 1 N–H and O–H groups in total. The maximum absolute atomic E-state index is 13.6. The minimum atomic E-state index is -0.953. The van der Waals surface area contributed by atoms with Gasteiger partial charge in [-0.3, -0.25) is 4.79 Å². The standard InChI is InChI=1S/C21H19F2N3O4/c1-12-7-17-18(30-6-5-29-17)9-16(12)24-21-25-20(27)19(28-2)11-26(21)10-13-3-4-14(22)15(23)8-13/h3-4,7-9,11H,5-6,10H2,1-2H3,(H,24,25,27). The number of halogens is 2. The van der Waals surface area contributed by atoms with Gasteiger partial charge in [0.1, 0.15) is 13.2 Å². The zero-order valence-electron chi connectivity index (χ0n) is 16.4. The lowest BCUT2D eigenvalue weighted by Gasteiger charge is -2.21. The molecule has 0 fully saturated rings. The molecule has 1 aromatic heterocycles. The smallest absolute Gasteiger partial charge is 0.316 e. The van der Waals surface area contributed by atoms with Gasteiger partial charge in [-0.05, 0) is 36.2 Å². The quantitative estimate of drug-likeness (QED) is 0.689. The predicted molar refractivity (Wildman–Crippen MR) is 106 cm³/mol. The Hall–Kier alpha value is -3.62. The second-order valence-corrected chi connectivity index (χ2v) is 6.75. The summed E-state index contributed by atoms with van der Waals surface area (Å²) in [5.41, 5.74) is 1.44. The van der Waals surface area contributed by atoms with Crippen LogP contribution in [-0.2, 0) is 6.54 Å². The molecule has 0 saturated heterocycles. The maximum Gasteiger partial charge on any atom is 0.316 e. The summed E-state index contributed by atoms with van der Waals surface area (Å²) in [6.07, 6.45) is 1.46. The third kappa shape index (κ3) is 3.91. The van der Waals surface area contributed by atoms with E-state index in [1.54, 1.807) is 10.6 Å². The number of fused-ring (bicyclic) bond motifs is 1. The molecule has 0 atom stereocenters. The molecule has 0 unspecified atom stereocenters. The van der Waals surface area contributed by atoms with Gasteiger partial charge in [0.25, 0.3) is 0 Å². The molecule has 0 amide bonds. The second-order valence-electron chi connectivity index (χ2n) is 6.75. The molecule has 1 aliphatic heterocycles. The largest absolute Gasteiger partial charge is 0.490 e. The first kappa shape index (κ1) is 19.7. The molecule has 4 rings (SSSR count). The van der Waals surface area contributed by atoms with Crippen molar-refractivity contribution in [3.63, 3.8) is 0 Å². The van der Waals surface area contributed by atoms with Crippen molar-refractivity contribution in [1.82, 2.24) is 9.55 Å². The molecular weight excluding hydrogens is 396 g/mol. The molecule has 2 heterocycles. The van der Waals surface area contributed by atoms with Gasteiger partial charge in [-0.15, -0.1) is 0 Å². The van der Waals surface area contributed by atoms with Gasteiger partial charge < -0.3 is 24.1 Å². The van der Waals surface area contributed by atoms with Crippen LogP contribution in [0.3, 0.4) is 0 Å². The van der Waals surface area contributed by atoms with Crippen LogP contribution in [-0.4, -0.2) is 29.9 Å². The number of aromatic nitrogens is 2. The van der Waals surface area contributed by atoms with E-state index < -0.39 is 17.2 Å². The highest BCUT2D eigenvalue weighted by molar-refractivity contribution is 5.65. The van der Waals surface area contributed by atoms with Crippen molar-refractivity contribution >= 4 is 11.6 Å². The molecule has 1 aliphatic rings. The number of ether oxygens (including phenoxy) is 3. The highest BCUT2D eigenvalue weighted by Crippen LogP contribution is 2.36. The molecule has 0 spiro atoms. The minimum Gasteiger partial charge on any atom is -0.490 e. The Balaban J connectivity index is 1.73. The number of rotatable bonds is 5. The molecule has 0 radical (unpaired) electrons. The van der Waals surface area contributed by atoms with Crippen LogP contribution >= 0.6 is 0 Å². The van der Waals surface area contributed by atoms with E-state index in [9.17, 15) is 13.6 Å². The van der Waals surface area contributed by atoms with E-state index in [0.717, 1.165) is 17.7 Å². The van der Waals surface area contributed by atoms with Gasteiger partial charge in [0, 0.05) is 11.8 Å². The van der Waals surface area contributed by atoms with Gasteiger partial charge in [0.15, 0.2) is 23.1 Å².